The number of hydrogen-bond acceptors (Lipinski definition) is 3. The van der Waals surface area contributed by atoms with Crippen LogP contribution >= 0.6 is 11.6 Å². The molecule has 4 heteroatoms. The van der Waals surface area contributed by atoms with E-state index in [1.165, 1.54) is 6.20 Å². The molecule has 0 saturated heterocycles. The summed E-state index contributed by atoms with van der Waals surface area (Å²) in [5.74, 6) is -0.108. The molecule has 0 fully saturated rings. The number of pyridine rings is 1. The van der Waals surface area contributed by atoms with Gasteiger partial charge in [0.25, 0.3) is 0 Å². The van der Waals surface area contributed by atoms with Gasteiger partial charge in [0.15, 0.2) is 5.78 Å². The number of rotatable bonds is 2. The molecule has 0 aliphatic heterocycles. The van der Waals surface area contributed by atoms with E-state index < -0.39 is 0 Å². The van der Waals surface area contributed by atoms with Gasteiger partial charge < -0.3 is 5.73 Å². The first-order valence-electron chi connectivity index (χ1n) is 5.15. The van der Waals surface area contributed by atoms with Crippen LogP contribution in [-0.2, 0) is 0 Å². The third kappa shape index (κ3) is 2.63. The lowest BCUT2D eigenvalue weighted by Crippen LogP contribution is -2.10. The van der Waals surface area contributed by atoms with Crippen LogP contribution in [0.4, 0.5) is 0 Å². The number of carbonyl (C=O) groups excluding carboxylic acids is 1. The SMILES string of the molecule is NC1=C(C(=O)c2cccnc2)CC=C(Cl)C=C1. The number of allylic oxidation sites excluding steroid dienone is 5. The third-order valence-electron chi connectivity index (χ3n) is 2.47. The fourth-order valence-electron chi connectivity index (χ4n) is 1.55. The summed E-state index contributed by atoms with van der Waals surface area (Å²) < 4.78 is 0. The predicted molar refractivity (Wildman–Crippen MR) is 67.5 cm³/mol. The van der Waals surface area contributed by atoms with Crippen molar-refractivity contribution in [3.63, 3.8) is 0 Å². The quantitative estimate of drug-likeness (QED) is 0.816. The van der Waals surface area contributed by atoms with Gasteiger partial charge in [-0.15, -0.1) is 0 Å². The van der Waals surface area contributed by atoms with Gasteiger partial charge in [-0.05, 0) is 30.7 Å². The number of ketones is 1. The molecular formula is C13H11ClN2O. The van der Waals surface area contributed by atoms with Crippen LogP contribution in [0.15, 0.2) is 59.1 Å². The van der Waals surface area contributed by atoms with E-state index in [9.17, 15) is 4.79 Å². The van der Waals surface area contributed by atoms with Crippen LogP contribution in [-0.4, -0.2) is 10.8 Å². The molecule has 0 spiro atoms. The third-order valence-corrected chi connectivity index (χ3v) is 2.75. The molecule has 1 aromatic rings. The van der Waals surface area contributed by atoms with Gasteiger partial charge in [-0.1, -0.05) is 17.7 Å². The fraction of sp³-hybridized carbons (Fsp3) is 0.0769. The van der Waals surface area contributed by atoms with Gasteiger partial charge in [-0.2, -0.15) is 0 Å². The maximum atomic E-state index is 12.2. The molecule has 2 rings (SSSR count). The average Bonchev–Trinajstić information content (AvgIpc) is 2.52. The first kappa shape index (κ1) is 11.6. The zero-order valence-corrected chi connectivity index (χ0v) is 9.82. The number of Topliss-reactive ketones (excluding diaryl/α,β-unsaturated/α-hetero) is 1. The van der Waals surface area contributed by atoms with E-state index in [-0.39, 0.29) is 5.78 Å². The Hall–Kier alpha value is -1.87. The second-order valence-corrected chi connectivity index (χ2v) is 4.07. The highest BCUT2D eigenvalue weighted by molar-refractivity contribution is 6.31. The average molecular weight is 247 g/mol. The number of hydrogen-bond donors (Lipinski definition) is 1. The van der Waals surface area contributed by atoms with Crippen molar-refractivity contribution in [3.8, 4) is 0 Å². The lowest BCUT2D eigenvalue weighted by molar-refractivity contribution is 0.103. The van der Waals surface area contributed by atoms with Gasteiger partial charge in [-0.3, -0.25) is 9.78 Å². The highest BCUT2D eigenvalue weighted by Gasteiger charge is 2.15. The van der Waals surface area contributed by atoms with E-state index in [0.717, 1.165) is 0 Å². The first-order chi connectivity index (χ1) is 8.18. The largest absolute Gasteiger partial charge is 0.398 e. The maximum Gasteiger partial charge on any atom is 0.192 e. The minimum Gasteiger partial charge on any atom is -0.398 e. The molecule has 86 valence electrons. The van der Waals surface area contributed by atoms with Crippen molar-refractivity contribution in [3.05, 3.63) is 64.6 Å². The second kappa shape index (κ2) is 4.97. The smallest absolute Gasteiger partial charge is 0.192 e. The van der Waals surface area contributed by atoms with Gasteiger partial charge >= 0.3 is 0 Å². The molecule has 0 saturated carbocycles. The van der Waals surface area contributed by atoms with Crippen molar-refractivity contribution in [1.29, 1.82) is 0 Å². The highest BCUT2D eigenvalue weighted by atomic mass is 35.5. The summed E-state index contributed by atoms with van der Waals surface area (Å²) in [6.45, 7) is 0. The Morgan fingerprint density at radius 1 is 1.41 bits per heavy atom. The van der Waals surface area contributed by atoms with E-state index in [1.54, 1.807) is 36.6 Å². The Kier molecular flexibility index (Phi) is 3.40. The summed E-state index contributed by atoms with van der Waals surface area (Å²) in [5.41, 5.74) is 7.37. The normalized spacial score (nSPS) is 15.5. The summed E-state index contributed by atoms with van der Waals surface area (Å²) in [5, 5.41) is 0.585. The fourth-order valence-corrected chi connectivity index (χ4v) is 1.69. The molecule has 1 aliphatic rings. The number of aromatic nitrogens is 1. The predicted octanol–water partition coefficient (Wildman–Crippen LogP) is 2.56. The van der Waals surface area contributed by atoms with Crippen molar-refractivity contribution in [1.82, 2.24) is 4.98 Å². The Bertz CT molecular complexity index is 530. The number of halogens is 1. The van der Waals surface area contributed by atoms with Crippen molar-refractivity contribution < 1.29 is 4.79 Å². The van der Waals surface area contributed by atoms with Gasteiger partial charge in [0.2, 0.25) is 0 Å². The van der Waals surface area contributed by atoms with E-state index in [0.29, 0.717) is 28.3 Å². The molecule has 0 atom stereocenters. The molecular weight excluding hydrogens is 236 g/mol. The van der Waals surface area contributed by atoms with Crippen LogP contribution in [0.25, 0.3) is 0 Å². The van der Waals surface area contributed by atoms with E-state index in [4.69, 9.17) is 17.3 Å². The summed E-state index contributed by atoms with van der Waals surface area (Å²) in [7, 11) is 0. The van der Waals surface area contributed by atoms with Crippen molar-refractivity contribution in [2.24, 2.45) is 5.73 Å². The summed E-state index contributed by atoms with van der Waals surface area (Å²) in [6, 6.07) is 3.44. The highest BCUT2D eigenvalue weighted by Crippen LogP contribution is 2.20. The maximum absolute atomic E-state index is 12.2. The zero-order chi connectivity index (χ0) is 12.3. The van der Waals surface area contributed by atoms with E-state index >= 15 is 0 Å². The molecule has 2 N–H and O–H groups in total. The van der Waals surface area contributed by atoms with Gasteiger partial charge in [0, 0.05) is 34.3 Å². The minimum atomic E-state index is -0.108. The molecule has 0 bridgehead atoms. The second-order valence-electron chi connectivity index (χ2n) is 3.63. The van der Waals surface area contributed by atoms with Crippen LogP contribution in [0.5, 0.6) is 0 Å². The van der Waals surface area contributed by atoms with Crippen LogP contribution in [0.1, 0.15) is 16.8 Å². The van der Waals surface area contributed by atoms with Gasteiger partial charge in [0.05, 0.1) is 0 Å². The Morgan fingerprint density at radius 3 is 2.94 bits per heavy atom. The zero-order valence-electron chi connectivity index (χ0n) is 9.06. The van der Waals surface area contributed by atoms with Crippen molar-refractivity contribution >= 4 is 17.4 Å². The molecule has 1 aliphatic carbocycles. The molecule has 1 aromatic heterocycles. The molecule has 0 radical (unpaired) electrons. The van der Waals surface area contributed by atoms with Crippen LogP contribution in [0, 0.1) is 0 Å². The number of nitrogens with two attached hydrogens (primary N) is 1. The standard InChI is InChI=1S/C13H11ClN2O/c14-10-3-5-11(12(15)6-4-10)13(17)9-2-1-7-16-8-9/h1-4,6-8H,5,15H2. The lowest BCUT2D eigenvalue weighted by atomic mass is 10.0. The van der Waals surface area contributed by atoms with E-state index in [1.807, 2.05) is 0 Å². The summed E-state index contributed by atoms with van der Waals surface area (Å²) in [4.78, 5) is 16.1. The van der Waals surface area contributed by atoms with Gasteiger partial charge in [0.1, 0.15) is 0 Å². The molecule has 3 nitrogen and oxygen atoms in total. The Balaban J connectivity index is 2.35. The topological polar surface area (TPSA) is 56.0 Å². The van der Waals surface area contributed by atoms with Crippen LogP contribution in [0.3, 0.4) is 0 Å². The first-order valence-corrected chi connectivity index (χ1v) is 5.53. The number of nitrogens with zero attached hydrogens (tertiary/aromatic N) is 1. The summed E-state index contributed by atoms with van der Waals surface area (Å²) >= 11 is 5.87. The molecule has 0 unspecified atom stereocenters. The van der Waals surface area contributed by atoms with Crippen molar-refractivity contribution in [2.75, 3.05) is 0 Å². The Morgan fingerprint density at radius 2 is 2.24 bits per heavy atom. The number of carbonyl (C=O) groups is 1. The van der Waals surface area contributed by atoms with E-state index in [2.05, 4.69) is 4.98 Å². The minimum absolute atomic E-state index is 0.108. The van der Waals surface area contributed by atoms with Crippen LogP contribution < -0.4 is 5.73 Å². The summed E-state index contributed by atoms with van der Waals surface area (Å²) in [6.07, 6.45) is 8.68. The van der Waals surface area contributed by atoms with Gasteiger partial charge in [-0.25, -0.2) is 0 Å². The molecule has 1 heterocycles. The molecule has 0 amide bonds. The Labute approximate surface area is 104 Å². The van der Waals surface area contributed by atoms with Crippen LogP contribution in [0.2, 0.25) is 0 Å². The van der Waals surface area contributed by atoms with Crippen molar-refractivity contribution in [2.45, 2.75) is 6.42 Å². The molecule has 17 heavy (non-hydrogen) atoms. The lowest BCUT2D eigenvalue weighted by Gasteiger charge is -2.05. The molecule has 0 aromatic carbocycles. The monoisotopic (exact) mass is 246 g/mol.